The van der Waals surface area contributed by atoms with Crippen LogP contribution in [-0.2, 0) is 0 Å². The highest BCUT2D eigenvalue weighted by atomic mass is 32.2. The van der Waals surface area contributed by atoms with Crippen LogP contribution in [0.2, 0.25) is 0 Å². The van der Waals surface area contributed by atoms with Crippen molar-refractivity contribution in [3.05, 3.63) is 65.1 Å². The van der Waals surface area contributed by atoms with Crippen LogP contribution in [0, 0.1) is 29.8 Å². The van der Waals surface area contributed by atoms with E-state index in [1.165, 1.54) is 0 Å². The maximum Gasteiger partial charge on any atom is 0.172 e. The van der Waals surface area contributed by atoms with Gasteiger partial charge in [0.1, 0.15) is 11.6 Å². The summed E-state index contributed by atoms with van der Waals surface area (Å²) in [5, 5.41) is 22.3. The zero-order valence-corrected chi connectivity index (χ0v) is 22.0. The first-order valence-corrected chi connectivity index (χ1v) is 13.5. The zero-order valence-electron chi connectivity index (χ0n) is 21.1. The highest BCUT2D eigenvalue weighted by Gasteiger charge is 2.34. The van der Waals surface area contributed by atoms with Crippen LogP contribution in [-0.4, -0.2) is 59.2 Å². The summed E-state index contributed by atoms with van der Waals surface area (Å²) in [7, 11) is 1.61. The Hall–Kier alpha value is -2.33. The molecule has 1 aliphatic rings. The van der Waals surface area contributed by atoms with Gasteiger partial charge in [0.2, 0.25) is 0 Å². The number of hydrogen-bond acceptors (Lipinski definition) is 6. The minimum absolute atomic E-state index is 0.0234. The molecule has 0 saturated carbocycles. The van der Waals surface area contributed by atoms with E-state index in [0.29, 0.717) is 37.0 Å². The van der Waals surface area contributed by atoms with Crippen molar-refractivity contribution >= 4 is 22.7 Å². The number of halogens is 3. The van der Waals surface area contributed by atoms with Crippen LogP contribution in [0.3, 0.4) is 0 Å². The number of thioether (sulfide) groups is 1. The van der Waals surface area contributed by atoms with Gasteiger partial charge in [0.05, 0.1) is 18.7 Å². The fourth-order valence-corrected chi connectivity index (χ4v) is 6.10. The predicted molar refractivity (Wildman–Crippen MR) is 139 cm³/mol. The van der Waals surface area contributed by atoms with Crippen molar-refractivity contribution in [2.75, 3.05) is 39.1 Å². The van der Waals surface area contributed by atoms with E-state index in [2.05, 4.69) is 9.88 Å². The number of ether oxygens (including phenoxy) is 1. The third-order valence-electron chi connectivity index (χ3n) is 7.47. The fourth-order valence-electron chi connectivity index (χ4n) is 5.11. The average Bonchev–Trinajstić information content (AvgIpc) is 2.90. The molecule has 0 unspecified atom stereocenters. The van der Waals surface area contributed by atoms with Crippen LogP contribution >= 0.6 is 11.8 Å². The summed E-state index contributed by atoms with van der Waals surface area (Å²) >= 11 is 1.10. The maximum absolute atomic E-state index is 13.9. The smallest absolute Gasteiger partial charge is 0.172 e. The van der Waals surface area contributed by atoms with Gasteiger partial charge in [-0.1, -0.05) is 0 Å². The third kappa shape index (κ3) is 6.39. The van der Waals surface area contributed by atoms with Gasteiger partial charge in [0, 0.05) is 41.4 Å². The number of methoxy groups -OCH3 is 1. The van der Waals surface area contributed by atoms with Crippen molar-refractivity contribution in [1.29, 1.82) is 0 Å². The summed E-state index contributed by atoms with van der Waals surface area (Å²) < 4.78 is 46.1. The second-order valence-corrected chi connectivity index (χ2v) is 11.0. The van der Waals surface area contributed by atoms with Gasteiger partial charge in [-0.05, 0) is 86.5 Å². The molecule has 0 spiro atoms. The molecule has 2 aromatic carbocycles. The Bertz CT molecular complexity index is 1240. The van der Waals surface area contributed by atoms with Gasteiger partial charge in [-0.15, -0.1) is 11.8 Å². The van der Waals surface area contributed by atoms with E-state index >= 15 is 0 Å². The summed E-state index contributed by atoms with van der Waals surface area (Å²) in [5.41, 5.74) is 2.27. The molecular weight excluding hydrogens is 501 g/mol. The number of hydrogen-bond donors (Lipinski definition) is 2. The van der Waals surface area contributed by atoms with E-state index in [9.17, 15) is 23.4 Å². The van der Waals surface area contributed by atoms with Crippen molar-refractivity contribution in [1.82, 2.24) is 9.88 Å². The number of aryl methyl sites for hydroxylation is 1. The lowest BCUT2D eigenvalue weighted by molar-refractivity contribution is 0.0254. The largest absolute Gasteiger partial charge is 0.497 e. The zero-order chi connectivity index (χ0) is 26.6. The van der Waals surface area contributed by atoms with Gasteiger partial charge in [0.25, 0.3) is 0 Å². The second-order valence-electron chi connectivity index (χ2n) is 9.84. The molecule has 37 heavy (non-hydrogen) atoms. The van der Waals surface area contributed by atoms with E-state index < -0.39 is 23.6 Å². The van der Waals surface area contributed by atoms with Crippen molar-refractivity contribution in [3.63, 3.8) is 0 Å². The molecular formula is C28H33F3N2O3S. The minimum atomic E-state index is -1.18. The molecule has 2 heterocycles. The lowest BCUT2D eigenvalue weighted by atomic mass is 9.74. The number of pyridine rings is 1. The van der Waals surface area contributed by atoms with Gasteiger partial charge in [-0.3, -0.25) is 4.98 Å². The molecule has 200 valence electrons. The number of aliphatic hydroxyl groups is 2. The highest BCUT2D eigenvalue weighted by molar-refractivity contribution is 7.99. The van der Waals surface area contributed by atoms with Gasteiger partial charge in [-0.2, -0.15) is 0 Å². The highest BCUT2D eigenvalue weighted by Crippen LogP contribution is 2.40. The minimum Gasteiger partial charge on any atom is -0.497 e. The topological polar surface area (TPSA) is 65.8 Å². The summed E-state index contributed by atoms with van der Waals surface area (Å²) in [5.74, 6) is -1.77. The molecule has 0 radical (unpaired) electrons. The van der Waals surface area contributed by atoms with Gasteiger partial charge in [-0.25, -0.2) is 13.2 Å². The molecule has 1 saturated heterocycles. The third-order valence-corrected chi connectivity index (χ3v) is 8.47. The van der Waals surface area contributed by atoms with Crippen LogP contribution in [0.4, 0.5) is 13.2 Å². The van der Waals surface area contributed by atoms with Crippen LogP contribution in [0.1, 0.15) is 42.9 Å². The molecule has 1 atom stereocenters. The first-order valence-electron chi connectivity index (χ1n) is 12.5. The summed E-state index contributed by atoms with van der Waals surface area (Å²) in [6.45, 7) is 4.14. The molecule has 1 fully saturated rings. The monoisotopic (exact) mass is 534 g/mol. The molecule has 0 amide bonds. The van der Waals surface area contributed by atoms with Crippen LogP contribution in [0.5, 0.6) is 5.75 Å². The Balaban J connectivity index is 1.33. The number of nitrogens with zero attached hydrogens (tertiary/aromatic N) is 2. The fraction of sp³-hybridized carbons (Fsp3) is 0.464. The summed E-state index contributed by atoms with van der Waals surface area (Å²) in [6.07, 6.45) is 3.81. The van der Waals surface area contributed by atoms with E-state index in [0.717, 1.165) is 65.8 Å². The van der Waals surface area contributed by atoms with Gasteiger partial charge < -0.3 is 19.8 Å². The van der Waals surface area contributed by atoms with E-state index in [1.54, 1.807) is 13.3 Å². The number of fused-ring (bicyclic) bond motifs is 1. The SMILES string of the molecule is COc1ccc2ncc(C)c([C@@H](O)CCC3(CO)CCN(CCSc4cc(F)cc(F)c4F)CC3)c2c1. The van der Waals surface area contributed by atoms with Crippen molar-refractivity contribution in [2.45, 2.75) is 43.6 Å². The van der Waals surface area contributed by atoms with Crippen LogP contribution in [0.25, 0.3) is 10.9 Å². The Morgan fingerprint density at radius 2 is 1.92 bits per heavy atom. The molecule has 9 heteroatoms. The van der Waals surface area contributed by atoms with E-state index in [-0.39, 0.29) is 16.9 Å². The molecule has 4 rings (SSSR count). The summed E-state index contributed by atoms with van der Waals surface area (Å²) in [4.78, 5) is 6.67. The first kappa shape index (κ1) is 27.7. The number of likely N-dealkylation sites (tertiary alicyclic amines) is 1. The quantitative estimate of drug-likeness (QED) is 0.259. The summed E-state index contributed by atoms with van der Waals surface area (Å²) in [6, 6.07) is 7.19. The average molecular weight is 535 g/mol. The predicted octanol–water partition coefficient (Wildman–Crippen LogP) is 5.65. The van der Waals surface area contributed by atoms with E-state index in [4.69, 9.17) is 4.74 Å². The van der Waals surface area contributed by atoms with Crippen molar-refractivity contribution in [3.8, 4) is 5.75 Å². The lowest BCUT2D eigenvalue weighted by Gasteiger charge is -2.41. The first-order chi connectivity index (χ1) is 17.7. The lowest BCUT2D eigenvalue weighted by Crippen LogP contribution is -2.43. The normalized spacial score (nSPS) is 16.7. The van der Waals surface area contributed by atoms with Crippen LogP contribution in [0.15, 0.2) is 41.4 Å². The number of aliphatic hydroxyl groups excluding tert-OH is 2. The number of piperidine rings is 1. The Labute approximate surface area is 219 Å². The van der Waals surface area contributed by atoms with Gasteiger partial charge in [0.15, 0.2) is 11.6 Å². The molecule has 0 aliphatic carbocycles. The second kappa shape index (κ2) is 12.0. The Kier molecular flexibility index (Phi) is 9.00. The molecule has 3 aromatic rings. The number of rotatable bonds is 10. The van der Waals surface area contributed by atoms with Crippen molar-refractivity contribution in [2.24, 2.45) is 5.41 Å². The Morgan fingerprint density at radius 3 is 2.62 bits per heavy atom. The van der Waals surface area contributed by atoms with E-state index in [1.807, 2.05) is 25.1 Å². The van der Waals surface area contributed by atoms with Crippen LogP contribution < -0.4 is 4.74 Å². The molecule has 1 aliphatic heterocycles. The number of benzene rings is 2. The van der Waals surface area contributed by atoms with Crippen molar-refractivity contribution < 1.29 is 28.1 Å². The molecule has 0 bridgehead atoms. The molecule has 2 N–H and O–H groups in total. The maximum atomic E-state index is 13.9. The molecule has 5 nitrogen and oxygen atoms in total. The molecule has 1 aromatic heterocycles. The standard InChI is InChI=1S/C28H33F3N2O3S/c1-18-16-32-23-4-3-20(36-2)15-21(23)26(18)24(35)5-6-28(17-34)7-9-33(10-8-28)11-12-37-25-14-19(29)13-22(30)27(25)31/h3-4,13-16,24,34-35H,5-12,17H2,1-2H3/t24-/m0/s1. The number of aromatic nitrogens is 1. The Morgan fingerprint density at radius 1 is 1.16 bits per heavy atom. The van der Waals surface area contributed by atoms with Gasteiger partial charge >= 0.3 is 0 Å².